The zero-order valence-corrected chi connectivity index (χ0v) is 9.81. The summed E-state index contributed by atoms with van der Waals surface area (Å²) >= 11 is 3.40. The molecule has 4 nitrogen and oxygen atoms in total. The highest BCUT2D eigenvalue weighted by atomic mass is 79.9. The van der Waals surface area contributed by atoms with E-state index in [0.29, 0.717) is 4.83 Å². The minimum atomic E-state index is -0.688. The number of nitro benzene ring substituents is 1. The summed E-state index contributed by atoms with van der Waals surface area (Å²) in [6.07, 6.45) is 1.66. The number of alkyl halides is 1. The fourth-order valence-electron chi connectivity index (χ4n) is 1.48. The van der Waals surface area contributed by atoms with Crippen molar-refractivity contribution in [2.24, 2.45) is 0 Å². The lowest BCUT2D eigenvalue weighted by molar-refractivity contribution is -0.385. The molecular weight excluding hydrogens is 281 g/mol. The van der Waals surface area contributed by atoms with Gasteiger partial charge in [-0.3, -0.25) is 10.1 Å². The lowest BCUT2D eigenvalue weighted by Crippen LogP contribution is -2.34. The van der Waals surface area contributed by atoms with Gasteiger partial charge in [-0.2, -0.15) is 0 Å². The standard InChI is InChI=1S/C10H9BrFNO3/c11-6-3-8(4-6)16-10-2-1-7(13(14)15)5-9(10)12/h1-2,5-6,8H,3-4H2. The molecule has 2 rings (SSSR count). The molecule has 0 atom stereocenters. The van der Waals surface area contributed by atoms with Crippen LogP contribution in [0.5, 0.6) is 5.75 Å². The molecule has 0 heterocycles. The average molecular weight is 290 g/mol. The first-order valence-electron chi connectivity index (χ1n) is 4.81. The van der Waals surface area contributed by atoms with Gasteiger partial charge in [-0.1, -0.05) is 15.9 Å². The van der Waals surface area contributed by atoms with E-state index in [2.05, 4.69) is 15.9 Å². The number of non-ortho nitro benzene ring substituents is 1. The smallest absolute Gasteiger partial charge is 0.272 e. The number of nitrogens with zero attached hydrogens (tertiary/aromatic N) is 1. The van der Waals surface area contributed by atoms with Gasteiger partial charge in [0.25, 0.3) is 5.69 Å². The van der Waals surface area contributed by atoms with E-state index in [9.17, 15) is 14.5 Å². The van der Waals surface area contributed by atoms with Gasteiger partial charge in [0.15, 0.2) is 11.6 Å². The Kier molecular flexibility index (Phi) is 3.09. The van der Waals surface area contributed by atoms with Gasteiger partial charge in [0.2, 0.25) is 0 Å². The van der Waals surface area contributed by atoms with E-state index >= 15 is 0 Å². The normalized spacial score (nSPS) is 23.6. The van der Waals surface area contributed by atoms with Crippen LogP contribution in [0.4, 0.5) is 10.1 Å². The molecule has 1 aromatic carbocycles. The maximum Gasteiger partial charge on any atom is 0.272 e. The highest BCUT2D eigenvalue weighted by Crippen LogP contribution is 2.32. The molecule has 86 valence electrons. The van der Waals surface area contributed by atoms with E-state index in [1.807, 2.05) is 0 Å². The van der Waals surface area contributed by atoms with Gasteiger partial charge in [-0.05, 0) is 18.9 Å². The number of hydrogen-bond donors (Lipinski definition) is 0. The number of benzene rings is 1. The lowest BCUT2D eigenvalue weighted by Gasteiger charge is -2.31. The highest BCUT2D eigenvalue weighted by Gasteiger charge is 2.29. The Bertz CT molecular complexity index is 421. The maximum atomic E-state index is 13.4. The molecule has 1 aromatic rings. The third kappa shape index (κ3) is 2.32. The molecular formula is C10H9BrFNO3. The minimum Gasteiger partial charge on any atom is -0.487 e. The molecule has 1 aliphatic rings. The number of hydrogen-bond acceptors (Lipinski definition) is 3. The third-order valence-electron chi connectivity index (χ3n) is 2.46. The first-order valence-corrected chi connectivity index (χ1v) is 5.72. The van der Waals surface area contributed by atoms with Crippen molar-refractivity contribution in [3.63, 3.8) is 0 Å². The fraction of sp³-hybridized carbons (Fsp3) is 0.400. The van der Waals surface area contributed by atoms with Gasteiger partial charge in [-0.15, -0.1) is 0 Å². The van der Waals surface area contributed by atoms with Crippen molar-refractivity contribution >= 4 is 21.6 Å². The Morgan fingerprint density at radius 1 is 1.50 bits per heavy atom. The predicted molar refractivity (Wildman–Crippen MR) is 59.4 cm³/mol. The summed E-state index contributed by atoms with van der Waals surface area (Å²) in [4.78, 5) is 10.2. The predicted octanol–water partition coefficient (Wildman–Crippen LogP) is 3.04. The molecule has 0 aliphatic heterocycles. The molecule has 0 bridgehead atoms. The summed E-state index contributed by atoms with van der Waals surface area (Å²) in [7, 11) is 0. The van der Waals surface area contributed by atoms with Gasteiger partial charge in [0.05, 0.1) is 11.0 Å². The SMILES string of the molecule is O=[N+]([O-])c1ccc(OC2CC(Br)C2)c(F)c1. The van der Waals surface area contributed by atoms with E-state index < -0.39 is 10.7 Å². The highest BCUT2D eigenvalue weighted by molar-refractivity contribution is 9.09. The molecule has 0 spiro atoms. The first kappa shape index (κ1) is 11.3. The molecule has 1 saturated carbocycles. The van der Waals surface area contributed by atoms with Crippen LogP contribution < -0.4 is 4.74 Å². The molecule has 0 amide bonds. The molecule has 0 saturated heterocycles. The van der Waals surface area contributed by atoms with Crippen LogP contribution in [-0.2, 0) is 0 Å². The molecule has 0 radical (unpaired) electrons. The summed E-state index contributed by atoms with van der Waals surface area (Å²) in [5.74, 6) is -0.609. The van der Waals surface area contributed by atoms with Crippen LogP contribution in [0.2, 0.25) is 0 Å². The number of halogens is 2. The van der Waals surface area contributed by atoms with E-state index in [1.54, 1.807) is 0 Å². The average Bonchev–Trinajstić information content (AvgIpc) is 2.18. The van der Waals surface area contributed by atoms with Crippen LogP contribution >= 0.6 is 15.9 Å². The number of rotatable bonds is 3. The zero-order valence-electron chi connectivity index (χ0n) is 8.23. The Balaban J connectivity index is 2.07. The van der Waals surface area contributed by atoms with Gasteiger partial charge in [0, 0.05) is 10.9 Å². The van der Waals surface area contributed by atoms with Crippen LogP contribution in [0, 0.1) is 15.9 Å². The van der Waals surface area contributed by atoms with Crippen LogP contribution in [0.15, 0.2) is 18.2 Å². The summed E-state index contributed by atoms with van der Waals surface area (Å²) in [6, 6.07) is 3.41. The topological polar surface area (TPSA) is 52.4 Å². The maximum absolute atomic E-state index is 13.4. The van der Waals surface area contributed by atoms with E-state index in [4.69, 9.17) is 4.74 Å². The fourth-order valence-corrected chi connectivity index (χ4v) is 2.31. The van der Waals surface area contributed by atoms with E-state index in [0.717, 1.165) is 18.9 Å². The van der Waals surface area contributed by atoms with Gasteiger partial charge >= 0.3 is 0 Å². The second kappa shape index (κ2) is 4.37. The molecule has 0 unspecified atom stereocenters. The molecule has 0 N–H and O–H groups in total. The van der Waals surface area contributed by atoms with Gasteiger partial charge in [0.1, 0.15) is 6.10 Å². The quantitative estimate of drug-likeness (QED) is 0.488. The van der Waals surface area contributed by atoms with Crippen molar-refractivity contribution in [2.75, 3.05) is 0 Å². The molecule has 0 aromatic heterocycles. The molecule has 16 heavy (non-hydrogen) atoms. The van der Waals surface area contributed by atoms with Crippen LogP contribution in [0.1, 0.15) is 12.8 Å². The first-order chi connectivity index (χ1) is 7.56. The van der Waals surface area contributed by atoms with Crippen molar-refractivity contribution in [3.8, 4) is 5.75 Å². The Labute approximate surface area is 99.7 Å². The lowest BCUT2D eigenvalue weighted by atomic mass is 9.96. The number of ether oxygens (including phenoxy) is 1. The summed E-state index contributed by atoms with van der Waals surface area (Å²) in [5.41, 5.74) is -0.267. The van der Waals surface area contributed by atoms with Gasteiger partial charge < -0.3 is 4.74 Å². The van der Waals surface area contributed by atoms with Crippen molar-refractivity contribution in [2.45, 2.75) is 23.8 Å². The monoisotopic (exact) mass is 289 g/mol. The Morgan fingerprint density at radius 2 is 2.19 bits per heavy atom. The van der Waals surface area contributed by atoms with Crippen LogP contribution in [0.3, 0.4) is 0 Å². The second-order valence-electron chi connectivity index (χ2n) is 3.68. The van der Waals surface area contributed by atoms with Crippen molar-refractivity contribution in [3.05, 3.63) is 34.1 Å². The largest absolute Gasteiger partial charge is 0.487 e. The minimum absolute atomic E-state index is 0.000307. The Hall–Kier alpha value is -1.17. The molecule has 6 heteroatoms. The summed E-state index contributed by atoms with van der Waals surface area (Å²) < 4.78 is 18.7. The van der Waals surface area contributed by atoms with E-state index in [1.165, 1.54) is 12.1 Å². The van der Waals surface area contributed by atoms with Crippen molar-refractivity contribution in [1.29, 1.82) is 0 Å². The van der Waals surface area contributed by atoms with Crippen LogP contribution in [-0.4, -0.2) is 15.9 Å². The zero-order chi connectivity index (χ0) is 11.7. The molecule has 1 fully saturated rings. The Morgan fingerprint density at radius 3 is 2.69 bits per heavy atom. The van der Waals surface area contributed by atoms with Crippen LogP contribution in [0.25, 0.3) is 0 Å². The van der Waals surface area contributed by atoms with Crippen molar-refractivity contribution in [1.82, 2.24) is 0 Å². The number of nitro groups is 1. The summed E-state index contributed by atoms with van der Waals surface area (Å²) in [5, 5.41) is 10.4. The third-order valence-corrected chi connectivity index (χ3v) is 3.20. The second-order valence-corrected chi connectivity index (χ2v) is 4.98. The van der Waals surface area contributed by atoms with Crippen molar-refractivity contribution < 1.29 is 14.1 Å². The summed E-state index contributed by atoms with van der Waals surface area (Å²) in [6.45, 7) is 0. The molecule has 1 aliphatic carbocycles. The van der Waals surface area contributed by atoms with Gasteiger partial charge in [-0.25, -0.2) is 4.39 Å². The van der Waals surface area contributed by atoms with E-state index in [-0.39, 0.29) is 17.5 Å².